The molecule has 6 heteroatoms. The first-order valence-corrected chi connectivity index (χ1v) is 6.80. The summed E-state index contributed by atoms with van der Waals surface area (Å²) < 4.78 is 0.787. The van der Waals surface area contributed by atoms with Crippen molar-refractivity contribution in [3.8, 4) is 0 Å². The second-order valence-corrected chi connectivity index (χ2v) is 5.28. The summed E-state index contributed by atoms with van der Waals surface area (Å²) in [5.74, 6) is 0. The highest BCUT2D eigenvalue weighted by molar-refractivity contribution is 9.10. The van der Waals surface area contributed by atoms with E-state index in [0.29, 0.717) is 23.5 Å². The largest absolute Gasteiger partial charge is 0.398 e. The number of nitrogens with two attached hydrogens (primary N) is 1. The van der Waals surface area contributed by atoms with Gasteiger partial charge in [-0.25, -0.2) is 0 Å². The number of nitrogens with one attached hydrogen (secondary N) is 1. The summed E-state index contributed by atoms with van der Waals surface area (Å²) >= 11 is 3.41. The van der Waals surface area contributed by atoms with Gasteiger partial charge in [0.1, 0.15) is 0 Å². The molecule has 0 heterocycles. The van der Waals surface area contributed by atoms with Crippen LogP contribution in [0.1, 0.15) is 11.1 Å². The molecule has 0 aliphatic carbocycles. The smallest absolute Gasteiger partial charge is 0.274 e. The van der Waals surface area contributed by atoms with E-state index in [1.54, 1.807) is 13.0 Å². The molecule has 0 spiro atoms. The second-order valence-electron chi connectivity index (χ2n) is 4.43. The van der Waals surface area contributed by atoms with Gasteiger partial charge in [-0.15, -0.1) is 0 Å². The maximum atomic E-state index is 11.0. The Balaban J connectivity index is 2.24. The normalized spacial score (nSPS) is 10.3. The maximum absolute atomic E-state index is 11.0. The van der Waals surface area contributed by atoms with Crippen molar-refractivity contribution in [2.45, 2.75) is 13.5 Å². The van der Waals surface area contributed by atoms with E-state index in [4.69, 9.17) is 5.73 Å². The molecule has 2 aromatic rings. The van der Waals surface area contributed by atoms with Crippen LogP contribution < -0.4 is 11.1 Å². The quantitative estimate of drug-likeness (QED) is 0.505. The number of aryl methyl sites for hydroxylation is 1. The molecule has 3 N–H and O–H groups in total. The Morgan fingerprint density at radius 2 is 2.05 bits per heavy atom. The summed E-state index contributed by atoms with van der Waals surface area (Å²) in [5, 5.41) is 14.1. The van der Waals surface area contributed by atoms with Gasteiger partial charge in [0.25, 0.3) is 5.69 Å². The number of nitro benzene ring substituents is 1. The minimum Gasteiger partial charge on any atom is -0.398 e. The van der Waals surface area contributed by atoms with Crippen LogP contribution >= 0.6 is 15.9 Å². The van der Waals surface area contributed by atoms with E-state index >= 15 is 0 Å². The zero-order chi connectivity index (χ0) is 14.7. The van der Waals surface area contributed by atoms with Crippen LogP contribution in [0.3, 0.4) is 0 Å². The van der Waals surface area contributed by atoms with Crippen molar-refractivity contribution in [3.63, 3.8) is 0 Å². The van der Waals surface area contributed by atoms with Gasteiger partial charge in [0.05, 0.1) is 10.6 Å². The van der Waals surface area contributed by atoms with E-state index in [1.165, 1.54) is 6.07 Å². The lowest BCUT2D eigenvalue weighted by molar-refractivity contribution is -0.385. The number of nitro groups is 1. The van der Waals surface area contributed by atoms with Gasteiger partial charge in [-0.1, -0.05) is 18.2 Å². The summed E-state index contributed by atoms with van der Waals surface area (Å²) in [4.78, 5) is 10.6. The first-order chi connectivity index (χ1) is 9.49. The van der Waals surface area contributed by atoms with Gasteiger partial charge in [-0.05, 0) is 40.5 Å². The van der Waals surface area contributed by atoms with Crippen molar-refractivity contribution in [2.75, 3.05) is 11.1 Å². The van der Waals surface area contributed by atoms with Crippen LogP contribution in [0.2, 0.25) is 0 Å². The summed E-state index contributed by atoms with van der Waals surface area (Å²) in [6.45, 7) is 2.22. The van der Waals surface area contributed by atoms with Gasteiger partial charge < -0.3 is 11.1 Å². The van der Waals surface area contributed by atoms with Gasteiger partial charge >= 0.3 is 0 Å². The molecule has 0 atom stereocenters. The average molecular weight is 336 g/mol. The second kappa shape index (κ2) is 5.92. The monoisotopic (exact) mass is 335 g/mol. The van der Waals surface area contributed by atoms with Gasteiger partial charge in [0.2, 0.25) is 0 Å². The molecule has 5 nitrogen and oxygen atoms in total. The lowest BCUT2D eigenvalue weighted by atomic mass is 10.1. The lowest BCUT2D eigenvalue weighted by Crippen LogP contribution is -2.04. The van der Waals surface area contributed by atoms with Crippen LogP contribution in [-0.4, -0.2) is 4.92 Å². The van der Waals surface area contributed by atoms with Crippen molar-refractivity contribution < 1.29 is 4.92 Å². The fourth-order valence-corrected chi connectivity index (χ4v) is 2.48. The standard InChI is InChI=1S/C14H14BrN3O2/c1-9-6-11(15)13(7-14(9)18(19)20)17-8-10-4-2-3-5-12(10)16/h2-7,17H,8,16H2,1H3. The molecular formula is C14H14BrN3O2. The molecule has 0 fully saturated rings. The maximum Gasteiger partial charge on any atom is 0.274 e. The van der Waals surface area contributed by atoms with Gasteiger partial charge in [0, 0.05) is 28.3 Å². The number of nitrogen functional groups attached to an aromatic ring is 1. The van der Waals surface area contributed by atoms with Crippen molar-refractivity contribution in [1.29, 1.82) is 0 Å². The van der Waals surface area contributed by atoms with E-state index in [9.17, 15) is 10.1 Å². The Bertz CT molecular complexity index is 659. The zero-order valence-electron chi connectivity index (χ0n) is 10.9. The summed E-state index contributed by atoms with van der Waals surface area (Å²) in [6, 6.07) is 10.8. The molecule has 0 radical (unpaired) electrons. The first-order valence-electron chi connectivity index (χ1n) is 6.01. The zero-order valence-corrected chi connectivity index (χ0v) is 12.5. The third kappa shape index (κ3) is 3.08. The highest BCUT2D eigenvalue weighted by atomic mass is 79.9. The molecule has 0 aliphatic rings. The number of hydrogen-bond acceptors (Lipinski definition) is 4. The number of hydrogen-bond donors (Lipinski definition) is 2. The highest BCUT2D eigenvalue weighted by Gasteiger charge is 2.14. The predicted octanol–water partition coefficient (Wildman–Crippen LogP) is 3.86. The Labute approximate surface area is 125 Å². The molecule has 2 aromatic carbocycles. The lowest BCUT2D eigenvalue weighted by Gasteiger charge is -2.11. The van der Waals surface area contributed by atoms with Crippen LogP contribution in [0.15, 0.2) is 40.9 Å². The molecule has 104 valence electrons. The van der Waals surface area contributed by atoms with Gasteiger partial charge in [0.15, 0.2) is 0 Å². The molecule has 0 saturated carbocycles. The summed E-state index contributed by atoms with van der Waals surface area (Å²) in [6.07, 6.45) is 0. The number of nitrogens with zero attached hydrogens (tertiary/aromatic N) is 1. The number of para-hydroxylation sites is 1. The SMILES string of the molecule is Cc1cc(Br)c(NCc2ccccc2N)cc1[N+](=O)[O-]. The van der Waals surface area contributed by atoms with Gasteiger partial charge in [-0.2, -0.15) is 0 Å². The predicted molar refractivity (Wildman–Crippen MR) is 83.7 cm³/mol. The number of rotatable bonds is 4. The molecule has 0 aliphatic heterocycles. The van der Waals surface area contributed by atoms with Gasteiger partial charge in [-0.3, -0.25) is 10.1 Å². The molecule has 0 unspecified atom stereocenters. The van der Waals surface area contributed by atoms with Crippen LogP contribution in [0, 0.1) is 17.0 Å². The number of anilines is 2. The van der Waals surface area contributed by atoms with Crippen LogP contribution in [-0.2, 0) is 6.54 Å². The Kier molecular flexibility index (Phi) is 4.24. The average Bonchev–Trinajstić information content (AvgIpc) is 2.39. The van der Waals surface area contributed by atoms with E-state index in [0.717, 1.165) is 10.0 Å². The van der Waals surface area contributed by atoms with E-state index in [-0.39, 0.29) is 10.6 Å². The molecule has 0 aromatic heterocycles. The molecular weight excluding hydrogens is 322 g/mol. The topological polar surface area (TPSA) is 81.2 Å². The summed E-state index contributed by atoms with van der Waals surface area (Å²) in [5.41, 5.74) is 8.89. The van der Waals surface area contributed by atoms with Crippen LogP contribution in [0.5, 0.6) is 0 Å². The summed E-state index contributed by atoms with van der Waals surface area (Å²) in [7, 11) is 0. The minimum absolute atomic E-state index is 0.0942. The van der Waals surface area contributed by atoms with E-state index in [1.807, 2.05) is 24.3 Å². The fourth-order valence-electron chi connectivity index (χ4n) is 1.88. The van der Waals surface area contributed by atoms with Crippen molar-refractivity contribution in [1.82, 2.24) is 0 Å². The third-order valence-electron chi connectivity index (χ3n) is 3.01. The number of benzene rings is 2. The third-order valence-corrected chi connectivity index (χ3v) is 3.66. The first kappa shape index (κ1) is 14.3. The Morgan fingerprint density at radius 1 is 1.35 bits per heavy atom. The minimum atomic E-state index is -0.385. The van der Waals surface area contributed by atoms with Crippen molar-refractivity contribution in [2.24, 2.45) is 0 Å². The van der Waals surface area contributed by atoms with Crippen molar-refractivity contribution >= 4 is 33.0 Å². The van der Waals surface area contributed by atoms with Crippen molar-refractivity contribution in [3.05, 3.63) is 62.1 Å². The molecule has 0 bridgehead atoms. The van der Waals surface area contributed by atoms with Crippen LogP contribution in [0.4, 0.5) is 17.1 Å². The Morgan fingerprint density at radius 3 is 2.70 bits per heavy atom. The molecule has 2 rings (SSSR count). The fraction of sp³-hybridized carbons (Fsp3) is 0.143. The molecule has 0 amide bonds. The Hall–Kier alpha value is -2.08. The van der Waals surface area contributed by atoms with E-state index < -0.39 is 0 Å². The van der Waals surface area contributed by atoms with E-state index in [2.05, 4.69) is 21.2 Å². The number of halogens is 1. The molecule has 20 heavy (non-hydrogen) atoms. The highest BCUT2D eigenvalue weighted by Crippen LogP contribution is 2.31. The molecule has 0 saturated heterocycles. The van der Waals surface area contributed by atoms with Crippen LogP contribution in [0.25, 0.3) is 0 Å².